The summed E-state index contributed by atoms with van der Waals surface area (Å²) in [7, 11) is 0. The Bertz CT molecular complexity index is 951. The first kappa shape index (κ1) is 18.9. The number of aryl methyl sites for hydroxylation is 1. The van der Waals surface area contributed by atoms with Crippen LogP contribution < -0.4 is 10.2 Å². The number of hydrogen-bond donors (Lipinski definition) is 1. The van der Waals surface area contributed by atoms with Gasteiger partial charge in [-0.15, -0.1) is 0 Å². The number of hydrogen-bond acceptors (Lipinski definition) is 5. The Balaban J connectivity index is 1.32. The summed E-state index contributed by atoms with van der Waals surface area (Å²) in [4.78, 5) is 25.6. The average Bonchev–Trinajstić information content (AvgIpc) is 2.79. The summed E-state index contributed by atoms with van der Waals surface area (Å²) in [5, 5.41) is 3.37. The molecule has 0 atom stereocenters. The minimum absolute atomic E-state index is 0.0175. The highest BCUT2D eigenvalue weighted by Gasteiger charge is 2.23. The van der Waals surface area contributed by atoms with Gasteiger partial charge in [0, 0.05) is 38.9 Å². The van der Waals surface area contributed by atoms with E-state index in [9.17, 15) is 4.79 Å². The number of carbonyl (C=O) groups is 1. The van der Waals surface area contributed by atoms with E-state index in [0.29, 0.717) is 18.8 Å². The van der Waals surface area contributed by atoms with E-state index in [-0.39, 0.29) is 5.91 Å². The molecule has 3 heterocycles. The molecule has 0 aliphatic carbocycles. The largest absolute Gasteiger partial charge is 0.380 e. The van der Waals surface area contributed by atoms with Gasteiger partial charge in [0.15, 0.2) is 0 Å². The highest BCUT2D eigenvalue weighted by Crippen LogP contribution is 2.16. The van der Waals surface area contributed by atoms with Gasteiger partial charge in [0.05, 0.1) is 11.9 Å². The first-order chi connectivity index (χ1) is 14.2. The number of anilines is 2. The quantitative estimate of drug-likeness (QED) is 0.727. The minimum Gasteiger partial charge on any atom is -0.380 e. The van der Waals surface area contributed by atoms with Crippen LogP contribution in [0, 0.1) is 6.92 Å². The lowest BCUT2D eigenvalue weighted by molar-refractivity contribution is 0.0740. The third-order valence-electron chi connectivity index (χ3n) is 5.27. The Hall–Kier alpha value is -3.41. The van der Waals surface area contributed by atoms with Crippen molar-refractivity contribution in [3.8, 4) is 0 Å². The number of aromatic nitrogens is 2. The molecular weight excluding hydrogens is 362 g/mol. The van der Waals surface area contributed by atoms with Gasteiger partial charge in [-0.3, -0.25) is 4.79 Å². The van der Waals surface area contributed by atoms with Gasteiger partial charge in [0.2, 0.25) is 0 Å². The van der Waals surface area contributed by atoms with E-state index in [1.54, 1.807) is 18.5 Å². The highest BCUT2D eigenvalue weighted by atomic mass is 16.2. The Morgan fingerprint density at radius 2 is 1.76 bits per heavy atom. The van der Waals surface area contributed by atoms with Gasteiger partial charge in [-0.1, -0.05) is 30.3 Å². The number of nitrogens with zero attached hydrogens (tertiary/aromatic N) is 4. The lowest BCUT2D eigenvalue weighted by Crippen LogP contribution is -2.49. The second kappa shape index (κ2) is 8.73. The van der Waals surface area contributed by atoms with Crippen LogP contribution in [0.2, 0.25) is 0 Å². The summed E-state index contributed by atoms with van der Waals surface area (Å²) in [6.07, 6.45) is 3.53. The molecule has 148 valence electrons. The van der Waals surface area contributed by atoms with E-state index >= 15 is 0 Å². The normalized spacial score (nSPS) is 14.0. The second-order valence-corrected chi connectivity index (χ2v) is 7.18. The molecule has 1 aliphatic rings. The van der Waals surface area contributed by atoms with Gasteiger partial charge in [0.1, 0.15) is 11.5 Å². The maximum absolute atomic E-state index is 12.8. The molecule has 1 aliphatic heterocycles. The fraction of sp³-hybridized carbons (Fsp3) is 0.261. The third kappa shape index (κ3) is 4.54. The average molecular weight is 387 g/mol. The van der Waals surface area contributed by atoms with Crippen molar-refractivity contribution in [2.24, 2.45) is 0 Å². The molecule has 2 aromatic heterocycles. The van der Waals surface area contributed by atoms with E-state index in [0.717, 1.165) is 31.1 Å². The molecule has 6 nitrogen and oxygen atoms in total. The third-order valence-corrected chi connectivity index (χ3v) is 5.27. The van der Waals surface area contributed by atoms with Gasteiger partial charge in [-0.05, 0) is 42.3 Å². The van der Waals surface area contributed by atoms with Crippen molar-refractivity contribution in [2.45, 2.75) is 13.5 Å². The second-order valence-electron chi connectivity index (χ2n) is 7.18. The Morgan fingerprint density at radius 1 is 0.966 bits per heavy atom. The van der Waals surface area contributed by atoms with E-state index in [2.05, 4.69) is 39.2 Å². The van der Waals surface area contributed by atoms with Crippen molar-refractivity contribution >= 4 is 17.4 Å². The van der Waals surface area contributed by atoms with Crippen LogP contribution in [-0.2, 0) is 6.54 Å². The fourth-order valence-corrected chi connectivity index (χ4v) is 3.47. The molecule has 1 fully saturated rings. The first-order valence-corrected chi connectivity index (χ1v) is 9.90. The van der Waals surface area contributed by atoms with E-state index in [4.69, 9.17) is 0 Å². The molecule has 0 spiro atoms. The molecule has 0 saturated carbocycles. The summed E-state index contributed by atoms with van der Waals surface area (Å²) >= 11 is 0. The van der Waals surface area contributed by atoms with Crippen molar-refractivity contribution in [3.63, 3.8) is 0 Å². The zero-order chi connectivity index (χ0) is 20.1. The van der Waals surface area contributed by atoms with Crippen molar-refractivity contribution in [1.29, 1.82) is 0 Å². The summed E-state index contributed by atoms with van der Waals surface area (Å²) in [5.41, 5.74) is 3.89. The van der Waals surface area contributed by atoms with Gasteiger partial charge in [0.25, 0.3) is 5.91 Å². The van der Waals surface area contributed by atoms with Crippen LogP contribution in [0.3, 0.4) is 0 Å². The number of benzene rings is 1. The minimum atomic E-state index is -0.0175. The SMILES string of the molecule is Cc1ccccc1CNc1ccc(C(=O)N2CCN(c3ccccn3)CC2)nc1. The number of piperazine rings is 1. The molecular formula is C23H25N5O. The van der Waals surface area contributed by atoms with Crippen LogP contribution in [0.15, 0.2) is 67.0 Å². The van der Waals surface area contributed by atoms with Gasteiger partial charge in [-0.2, -0.15) is 0 Å². The molecule has 0 unspecified atom stereocenters. The molecule has 1 amide bonds. The molecule has 6 heteroatoms. The molecule has 3 aromatic rings. The molecule has 1 saturated heterocycles. The molecule has 0 bridgehead atoms. The van der Waals surface area contributed by atoms with Crippen LogP contribution in [0.1, 0.15) is 21.6 Å². The Morgan fingerprint density at radius 3 is 2.45 bits per heavy atom. The standard InChI is InChI=1S/C23H25N5O/c1-18-6-2-3-7-19(18)16-25-20-9-10-21(26-17-20)23(29)28-14-12-27(13-15-28)22-8-4-5-11-24-22/h2-11,17,25H,12-16H2,1H3. The topological polar surface area (TPSA) is 61.4 Å². The summed E-state index contributed by atoms with van der Waals surface area (Å²) in [6, 6.07) is 17.9. The zero-order valence-corrected chi connectivity index (χ0v) is 16.6. The summed E-state index contributed by atoms with van der Waals surface area (Å²) in [5.74, 6) is 0.943. The maximum Gasteiger partial charge on any atom is 0.272 e. The molecule has 29 heavy (non-hydrogen) atoms. The van der Waals surface area contributed by atoms with E-state index in [1.807, 2.05) is 41.3 Å². The number of carbonyl (C=O) groups excluding carboxylic acids is 1. The highest BCUT2D eigenvalue weighted by molar-refractivity contribution is 5.92. The number of pyridine rings is 2. The van der Waals surface area contributed by atoms with Gasteiger partial charge >= 0.3 is 0 Å². The Labute approximate surface area is 171 Å². The maximum atomic E-state index is 12.8. The molecule has 1 N–H and O–H groups in total. The number of amides is 1. The summed E-state index contributed by atoms with van der Waals surface area (Å²) < 4.78 is 0. The molecule has 4 rings (SSSR count). The zero-order valence-electron chi connectivity index (χ0n) is 16.6. The van der Waals surface area contributed by atoms with Crippen LogP contribution in [-0.4, -0.2) is 47.0 Å². The number of nitrogens with one attached hydrogen (secondary N) is 1. The summed E-state index contributed by atoms with van der Waals surface area (Å²) in [6.45, 7) is 5.73. The van der Waals surface area contributed by atoms with Crippen LogP contribution in [0.4, 0.5) is 11.5 Å². The predicted molar refractivity (Wildman–Crippen MR) is 115 cm³/mol. The van der Waals surface area contributed by atoms with Gasteiger partial charge in [-0.25, -0.2) is 9.97 Å². The molecule has 0 radical (unpaired) electrons. The fourth-order valence-electron chi connectivity index (χ4n) is 3.47. The van der Waals surface area contributed by atoms with Gasteiger partial charge < -0.3 is 15.1 Å². The monoisotopic (exact) mass is 387 g/mol. The van der Waals surface area contributed by atoms with Crippen molar-refractivity contribution in [1.82, 2.24) is 14.9 Å². The van der Waals surface area contributed by atoms with E-state index < -0.39 is 0 Å². The van der Waals surface area contributed by atoms with Crippen LogP contribution >= 0.6 is 0 Å². The lowest BCUT2D eigenvalue weighted by Gasteiger charge is -2.35. The van der Waals surface area contributed by atoms with Crippen molar-refractivity contribution < 1.29 is 4.79 Å². The van der Waals surface area contributed by atoms with Crippen molar-refractivity contribution in [3.05, 3.63) is 83.8 Å². The molecule has 1 aromatic carbocycles. The first-order valence-electron chi connectivity index (χ1n) is 9.90. The predicted octanol–water partition coefficient (Wildman–Crippen LogP) is 3.36. The van der Waals surface area contributed by atoms with Crippen molar-refractivity contribution in [2.75, 3.05) is 36.4 Å². The number of rotatable bonds is 5. The van der Waals surface area contributed by atoms with E-state index in [1.165, 1.54) is 11.1 Å². The Kier molecular flexibility index (Phi) is 5.70. The smallest absolute Gasteiger partial charge is 0.272 e. The van der Waals surface area contributed by atoms with Crippen LogP contribution in [0.5, 0.6) is 0 Å². The lowest BCUT2D eigenvalue weighted by atomic mass is 10.1. The van der Waals surface area contributed by atoms with Crippen LogP contribution in [0.25, 0.3) is 0 Å².